The van der Waals surface area contributed by atoms with Gasteiger partial charge < -0.3 is 9.64 Å². The lowest BCUT2D eigenvalue weighted by atomic mass is 10.0. The second kappa shape index (κ2) is 21.9. The molecule has 0 spiro atoms. The third-order valence-corrected chi connectivity index (χ3v) is 6.00. The summed E-state index contributed by atoms with van der Waals surface area (Å²) in [5.41, 5.74) is 2.03. The zero-order valence-corrected chi connectivity index (χ0v) is 24.8. The Balaban J connectivity index is 0.000000681. The zero-order valence-electron chi connectivity index (χ0n) is 24.0. The predicted octanol–water partition coefficient (Wildman–Crippen LogP) is 9.42. The highest BCUT2D eigenvalue weighted by Crippen LogP contribution is 2.33. The van der Waals surface area contributed by atoms with Gasteiger partial charge in [-0.2, -0.15) is 0 Å². The van der Waals surface area contributed by atoms with Gasteiger partial charge in [0, 0.05) is 18.9 Å². The first-order valence-corrected chi connectivity index (χ1v) is 14.3. The maximum atomic E-state index is 12.9. The molecule has 0 N–H and O–H groups in total. The van der Waals surface area contributed by atoms with Crippen LogP contribution in [0.3, 0.4) is 0 Å². The Hall–Kier alpha value is -3.12. The van der Waals surface area contributed by atoms with Crippen LogP contribution in [0.1, 0.15) is 67.2 Å². The molecule has 0 fully saturated rings. The van der Waals surface area contributed by atoms with E-state index in [4.69, 9.17) is 4.74 Å². The highest BCUT2D eigenvalue weighted by Gasteiger charge is 2.13. The van der Waals surface area contributed by atoms with Crippen molar-refractivity contribution >= 4 is 29.8 Å². The largest absolute Gasteiger partial charge is 0.426 e. The minimum absolute atomic E-state index is 0.180. The smallest absolute Gasteiger partial charge is 0.298 e. The van der Waals surface area contributed by atoms with E-state index in [1.54, 1.807) is 37.4 Å². The molecular formula is C32H44FNO3S. The van der Waals surface area contributed by atoms with E-state index < -0.39 is 0 Å². The van der Waals surface area contributed by atoms with Crippen LogP contribution in [0.15, 0.2) is 77.7 Å². The number of rotatable bonds is 9. The number of halogens is 1. The standard InChI is InChI=1S/C16H14FNO3.C11H16S.C3H8.C2H6/c1-11(20)18(2)15-8-5-13(9-16(15)21-10-19)12-3-6-14(17)7-4-12;1-2-3-7-10-12-11-8-5-4-6-9-11;1-3-2;1-2/h3-10H,1-2H3;4-6,8-9H,2-3,7,10H2,1H3;3H2,1-2H3;1-2H3. The molecule has 0 radical (unpaired) electrons. The molecule has 0 aliphatic carbocycles. The molecule has 0 heterocycles. The van der Waals surface area contributed by atoms with Crippen LogP contribution in [0, 0.1) is 5.82 Å². The molecule has 0 aromatic heterocycles. The van der Waals surface area contributed by atoms with Gasteiger partial charge in [0.15, 0.2) is 5.75 Å². The van der Waals surface area contributed by atoms with E-state index in [-0.39, 0.29) is 17.5 Å². The molecule has 38 heavy (non-hydrogen) atoms. The van der Waals surface area contributed by atoms with E-state index in [9.17, 15) is 14.0 Å². The number of benzene rings is 3. The molecule has 0 aliphatic heterocycles. The Labute approximate surface area is 233 Å². The van der Waals surface area contributed by atoms with Gasteiger partial charge in [-0.05, 0) is 59.7 Å². The van der Waals surface area contributed by atoms with Crippen LogP contribution in [0.5, 0.6) is 5.75 Å². The van der Waals surface area contributed by atoms with Gasteiger partial charge in [0.2, 0.25) is 5.91 Å². The van der Waals surface area contributed by atoms with Gasteiger partial charge in [0.1, 0.15) is 5.82 Å². The molecule has 0 saturated carbocycles. The summed E-state index contributed by atoms with van der Waals surface area (Å²) in [7, 11) is 1.59. The number of ether oxygens (including phenoxy) is 1. The molecule has 0 atom stereocenters. The van der Waals surface area contributed by atoms with Gasteiger partial charge >= 0.3 is 0 Å². The van der Waals surface area contributed by atoms with Crippen molar-refractivity contribution in [1.82, 2.24) is 0 Å². The second-order valence-corrected chi connectivity index (χ2v) is 9.23. The molecule has 3 rings (SSSR count). The summed E-state index contributed by atoms with van der Waals surface area (Å²) >= 11 is 1.96. The van der Waals surface area contributed by atoms with E-state index >= 15 is 0 Å². The summed E-state index contributed by atoms with van der Waals surface area (Å²) in [4.78, 5) is 24.8. The maximum absolute atomic E-state index is 12.9. The van der Waals surface area contributed by atoms with E-state index in [1.807, 2.05) is 25.6 Å². The fourth-order valence-electron chi connectivity index (χ4n) is 2.99. The van der Waals surface area contributed by atoms with Crippen LogP contribution < -0.4 is 9.64 Å². The van der Waals surface area contributed by atoms with Crippen LogP contribution in [0.4, 0.5) is 10.1 Å². The summed E-state index contributed by atoms with van der Waals surface area (Å²) in [5, 5.41) is 0. The Kier molecular flexibility index (Phi) is 20.1. The quantitative estimate of drug-likeness (QED) is 0.154. The number of amides is 1. The van der Waals surface area contributed by atoms with Crippen molar-refractivity contribution in [2.24, 2.45) is 0 Å². The summed E-state index contributed by atoms with van der Waals surface area (Å²) in [6.07, 6.45) is 5.27. The fourth-order valence-corrected chi connectivity index (χ4v) is 3.92. The van der Waals surface area contributed by atoms with Gasteiger partial charge in [0.25, 0.3) is 6.47 Å². The van der Waals surface area contributed by atoms with E-state index in [0.29, 0.717) is 12.2 Å². The van der Waals surface area contributed by atoms with Crippen molar-refractivity contribution in [2.45, 2.75) is 72.1 Å². The summed E-state index contributed by atoms with van der Waals surface area (Å²) < 4.78 is 17.9. The number of hydrogen-bond acceptors (Lipinski definition) is 4. The first kappa shape index (κ1) is 34.9. The van der Waals surface area contributed by atoms with Crippen molar-refractivity contribution < 1.29 is 18.7 Å². The topological polar surface area (TPSA) is 46.6 Å². The average molecular weight is 542 g/mol. The van der Waals surface area contributed by atoms with Gasteiger partial charge in [-0.15, -0.1) is 11.8 Å². The highest BCUT2D eigenvalue weighted by atomic mass is 32.2. The first-order chi connectivity index (χ1) is 18.4. The lowest BCUT2D eigenvalue weighted by Crippen LogP contribution is -2.23. The highest BCUT2D eigenvalue weighted by molar-refractivity contribution is 7.99. The number of anilines is 1. The molecule has 0 aliphatic rings. The normalized spacial score (nSPS) is 9.37. The molecule has 1 amide bonds. The third kappa shape index (κ3) is 14.0. The van der Waals surface area contributed by atoms with Crippen molar-refractivity contribution in [1.29, 1.82) is 0 Å². The fraction of sp³-hybridized carbons (Fsp3) is 0.375. The van der Waals surface area contributed by atoms with Crippen molar-refractivity contribution in [2.75, 3.05) is 17.7 Å². The Morgan fingerprint density at radius 2 is 1.50 bits per heavy atom. The molecule has 4 nitrogen and oxygen atoms in total. The van der Waals surface area contributed by atoms with Crippen LogP contribution >= 0.6 is 11.8 Å². The monoisotopic (exact) mass is 541 g/mol. The van der Waals surface area contributed by atoms with E-state index in [1.165, 1.54) is 60.3 Å². The maximum Gasteiger partial charge on any atom is 0.298 e. The number of unbranched alkanes of at least 4 members (excludes halogenated alkanes) is 2. The molecular weight excluding hydrogens is 497 g/mol. The predicted molar refractivity (Wildman–Crippen MR) is 162 cm³/mol. The van der Waals surface area contributed by atoms with Crippen molar-refractivity contribution in [3.8, 4) is 16.9 Å². The van der Waals surface area contributed by atoms with Gasteiger partial charge in [0.05, 0.1) is 5.69 Å². The van der Waals surface area contributed by atoms with Gasteiger partial charge in [-0.1, -0.05) is 90.3 Å². The summed E-state index contributed by atoms with van der Waals surface area (Å²) in [6, 6.07) is 21.7. The summed E-state index contributed by atoms with van der Waals surface area (Å²) in [5.74, 6) is 1.03. The molecule has 3 aromatic carbocycles. The number of nitrogens with zero attached hydrogens (tertiary/aromatic N) is 1. The Bertz CT molecular complexity index is 1030. The van der Waals surface area contributed by atoms with Crippen LogP contribution in [0.25, 0.3) is 11.1 Å². The van der Waals surface area contributed by atoms with E-state index in [2.05, 4.69) is 51.1 Å². The lowest BCUT2D eigenvalue weighted by molar-refractivity contribution is -0.121. The number of hydrogen-bond donors (Lipinski definition) is 0. The summed E-state index contributed by atoms with van der Waals surface area (Å²) in [6.45, 7) is 12.2. The molecule has 0 saturated heterocycles. The van der Waals surface area contributed by atoms with Gasteiger partial charge in [-0.25, -0.2) is 4.39 Å². The molecule has 208 valence electrons. The van der Waals surface area contributed by atoms with Gasteiger partial charge in [-0.3, -0.25) is 9.59 Å². The third-order valence-electron chi connectivity index (χ3n) is 4.91. The number of thioether (sulfide) groups is 1. The molecule has 0 bridgehead atoms. The lowest BCUT2D eigenvalue weighted by Gasteiger charge is -2.18. The minimum atomic E-state index is -0.323. The van der Waals surface area contributed by atoms with Crippen LogP contribution in [-0.2, 0) is 9.59 Å². The molecule has 6 heteroatoms. The SMILES string of the molecule is CC.CC(=O)N(C)c1ccc(-c2ccc(F)cc2)cc1OC=O.CCC.CCCCCSc1ccccc1. The number of carbonyl (C=O) groups excluding carboxylic acids is 2. The van der Waals surface area contributed by atoms with Crippen LogP contribution in [-0.4, -0.2) is 25.2 Å². The molecule has 3 aromatic rings. The van der Waals surface area contributed by atoms with Crippen molar-refractivity contribution in [3.05, 3.63) is 78.6 Å². The average Bonchev–Trinajstić information content (AvgIpc) is 2.94. The molecule has 0 unspecified atom stereocenters. The second-order valence-electron chi connectivity index (χ2n) is 8.06. The van der Waals surface area contributed by atoms with Crippen molar-refractivity contribution in [3.63, 3.8) is 0 Å². The Morgan fingerprint density at radius 3 is 2.03 bits per heavy atom. The Morgan fingerprint density at radius 1 is 0.921 bits per heavy atom. The number of carbonyl (C=O) groups is 2. The van der Waals surface area contributed by atoms with Crippen LogP contribution in [0.2, 0.25) is 0 Å². The zero-order chi connectivity index (χ0) is 28.8. The van der Waals surface area contributed by atoms with E-state index in [0.717, 1.165) is 11.1 Å². The minimum Gasteiger partial charge on any atom is -0.426 e. The first-order valence-electron chi connectivity index (χ1n) is 13.3.